The molecule has 0 bridgehead atoms. The van der Waals surface area contributed by atoms with Crippen molar-refractivity contribution in [3.05, 3.63) is 63.4 Å². The second-order valence-corrected chi connectivity index (χ2v) is 5.27. The maximum absolute atomic E-state index is 13.1. The van der Waals surface area contributed by atoms with Gasteiger partial charge in [-0.1, -0.05) is 47.6 Å². The quantitative estimate of drug-likeness (QED) is 0.847. The van der Waals surface area contributed by atoms with E-state index in [9.17, 15) is 4.39 Å². The fourth-order valence-corrected chi connectivity index (χ4v) is 2.39. The van der Waals surface area contributed by atoms with Crippen LogP contribution in [-0.4, -0.2) is 4.99 Å². The summed E-state index contributed by atoms with van der Waals surface area (Å²) in [6.07, 6.45) is 0. The van der Waals surface area contributed by atoms with Crippen LogP contribution in [0.3, 0.4) is 0 Å². The number of hydrogen-bond donors (Lipinski definition) is 1. The first-order valence-corrected chi connectivity index (χ1v) is 6.80. The molecule has 0 radical (unpaired) electrons. The van der Waals surface area contributed by atoms with Gasteiger partial charge >= 0.3 is 0 Å². The van der Waals surface area contributed by atoms with Crippen molar-refractivity contribution < 1.29 is 9.13 Å². The molecule has 0 aliphatic heterocycles. The molecule has 104 valence electrons. The number of nitrogens with two attached hydrogens (primary N) is 1. The Morgan fingerprint density at radius 3 is 2.60 bits per heavy atom. The van der Waals surface area contributed by atoms with Crippen LogP contribution in [0.25, 0.3) is 0 Å². The largest absolute Gasteiger partial charge is 0.488 e. The van der Waals surface area contributed by atoms with Crippen molar-refractivity contribution in [2.24, 2.45) is 5.73 Å². The number of ether oxygens (including phenoxy) is 1. The van der Waals surface area contributed by atoms with Gasteiger partial charge in [0.2, 0.25) is 0 Å². The topological polar surface area (TPSA) is 35.2 Å². The maximum Gasteiger partial charge on any atom is 0.141 e. The van der Waals surface area contributed by atoms with E-state index in [2.05, 4.69) is 0 Å². The molecule has 6 heteroatoms. The Kier molecular flexibility index (Phi) is 4.81. The van der Waals surface area contributed by atoms with Crippen LogP contribution in [-0.2, 0) is 6.61 Å². The van der Waals surface area contributed by atoms with Crippen molar-refractivity contribution in [2.45, 2.75) is 6.61 Å². The van der Waals surface area contributed by atoms with Gasteiger partial charge in [-0.2, -0.15) is 0 Å². The van der Waals surface area contributed by atoms with Gasteiger partial charge in [0.15, 0.2) is 0 Å². The SMILES string of the molecule is NC(=S)c1c(Cl)cccc1OCc1ccc(F)c(Cl)c1. The van der Waals surface area contributed by atoms with Gasteiger partial charge in [-0.05, 0) is 29.8 Å². The molecule has 0 atom stereocenters. The predicted octanol–water partition coefficient (Wildman–Crippen LogP) is 4.35. The minimum atomic E-state index is -0.470. The van der Waals surface area contributed by atoms with Crippen LogP contribution >= 0.6 is 35.4 Å². The van der Waals surface area contributed by atoms with E-state index in [0.29, 0.717) is 16.3 Å². The summed E-state index contributed by atoms with van der Waals surface area (Å²) < 4.78 is 18.7. The van der Waals surface area contributed by atoms with Crippen LogP contribution in [0.15, 0.2) is 36.4 Å². The molecule has 0 spiro atoms. The summed E-state index contributed by atoms with van der Waals surface area (Å²) in [6.45, 7) is 0.204. The first-order chi connectivity index (χ1) is 9.49. The molecule has 0 heterocycles. The van der Waals surface area contributed by atoms with Gasteiger partial charge in [0, 0.05) is 0 Å². The third kappa shape index (κ3) is 3.39. The van der Waals surface area contributed by atoms with Crippen LogP contribution in [0.2, 0.25) is 10.0 Å². The zero-order valence-electron chi connectivity index (χ0n) is 10.2. The summed E-state index contributed by atoms with van der Waals surface area (Å²) in [7, 11) is 0. The smallest absolute Gasteiger partial charge is 0.141 e. The lowest BCUT2D eigenvalue weighted by atomic mass is 10.2. The molecule has 2 nitrogen and oxygen atoms in total. The average Bonchev–Trinajstić information content (AvgIpc) is 2.39. The zero-order valence-corrected chi connectivity index (χ0v) is 12.5. The van der Waals surface area contributed by atoms with Gasteiger partial charge in [-0.15, -0.1) is 0 Å². The lowest BCUT2D eigenvalue weighted by Crippen LogP contribution is -2.12. The molecule has 0 aliphatic carbocycles. The van der Waals surface area contributed by atoms with Gasteiger partial charge < -0.3 is 10.5 Å². The van der Waals surface area contributed by atoms with Gasteiger partial charge in [0.1, 0.15) is 23.2 Å². The summed E-state index contributed by atoms with van der Waals surface area (Å²) in [4.78, 5) is 0.155. The normalized spacial score (nSPS) is 10.3. The fourth-order valence-electron chi connectivity index (χ4n) is 1.65. The van der Waals surface area contributed by atoms with Crippen molar-refractivity contribution >= 4 is 40.4 Å². The Morgan fingerprint density at radius 2 is 1.95 bits per heavy atom. The predicted molar refractivity (Wildman–Crippen MR) is 83.1 cm³/mol. The van der Waals surface area contributed by atoms with Crippen LogP contribution in [0, 0.1) is 5.82 Å². The summed E-state index contributed by atoms with van der Waals surface area (Å²) in [6, 6.07) is 9.50. The molecule has 2 aromatic rings. The third-order valence-corrected chi connectivity index (χ3v) is 3.41. The Balaban J connectivity index is 2.21. The van der Waals surface area contributed by atoms with Crippen LogP contribution in [0.4, 0.5) is 4.39 Å². The minimum Gasteiger partial charge on any atom is -0.488 e. The van der Waals surface area contributed by atoms with Crippen molar-refractivity contribution in [1.82, 2.24) is 0 Å². The highest BCUT2D eigenvalue weighted by Crippen LogP contribution is 2.27. The average molecular weight is 330 g/mol. The number of benzene rings is 2. The first kappa shape index (κ1) is 15.0. The molecule has 0 amide bonds. The Labute approximate surface area is 131 Å². The number of thiocarbonyl (C=S) groups is 1. The van der Waals surface area contributed by atoms with Crippen molar-refractivity contribution in [1.29, 1.82) is 0 Å². The fraction of sp³-hybridized carbons (Fsp3) is 0.0714. The first-order valence-electron chi connectivity index (χ1n) is 5.64. The molecular weight excluding hydrogens is 320 g/mol. The zero-order chi connectivity index (χ0) is 14.7. The molecule has 0 saturated carbocycles. The highest BCUT2D eigenvalue weighted by molar-refractivity contribution is 7.80. The van der Waals surface area contributed by atoms with E-state index >= 15 is 0 Å². The number of rotatable bonds is 4. The van der Waals surface area contributed by atoms with E-state index in [1.807, 2.05) is 0 Å². The molecule has 0 fully saturated rings. The Bertz CT molecular complexity index is 664. The van der Waals surface area contributed by atoms with Crippen molar-refractivity contribution in [3.63, 3.8) is 0 Å². The van der Waals surface area contributed by atoms with E-state index in [0.717, 1.165) is 5.56 Å². The van der Waals surface area contributed by atoms with Crippen LogP contribution in [0.1, 0.15) is 11.1 Å². The van der Waals surface area contributed by atoms with Crippen LogP contribution in [0.5, 0.6) is 5.75 Å². The lowest BCUT2D eigenvalue weighted by Gasteiger charge is -2.12. The van der Waals surface area contributed by atoms with E-state index in [-0.39, 0.29) is 16.6 Å². The van der Waals surface area contributed by atoms with Gasteiger partial charge in [0.25, 0.3) is 0 Å². The monoisotopic (exact) mass is 329 g/mol. The van der Waals surface area contributed by atoms with Gasteiger partial charge in [-0.3, -0.25) is 0 Å². The molecule has 0 saturated heterocycles. The summed E-state index contributed by atoms with van der Waals surface area (Å²) >= 11 is 16.7. The van der Waals surface area contributed by atoms with Gasteiger partial charge in [-0.25, -0.2) is 4.39 Å². The minimum absolute atomic E-state index is 0.0479. The van der Waals surface area contributed by atoms with E-state index in [1.54, 1.807) is 24.3 Å². The van der Waals surface area contributed by atoms with E-state index in [4.69, 9.17) is 45.9 Å². The molecule has 2 rings (SSSR count). The number of halogens is 3. The summed E-state index contributed by atoms with van der Waals surface area (Å²) in [5.74, 6) is 0.00689. The standard InChI is InChI=1S/C14H10Cl2FNOS/c15-9-2-1-3-12(13(9)14(18)20)19-7-8-4-5-11(17)10(16)6-8/h1-6H,7H2,(H2,18,20). The molecule has 0 aliphatic rings. The van der Waals surface area contributed by atoms with Crippen molar-refractivity contribution in [3.8, 4) is 5.75 Å². The van der Waals surface area contributed by atoms with E-state index < -0.39 is 5.82 Å². The molecule has 2 N–H and O–H groups in total. The molecule has 20 heavy (non-hydrogen) atoms. The summed E-state index contributed by atoms with van der Waals surface area (Å²) in [5, 5.41) is 0.471. The Morgan fingerprint density at radius 1 is 1.20 bits per heavy atom. The molecule has 2 aromatic carbocycles. The molecule has 0 aromatic heterocycles. The highest BCUT2D eigenvalue weighted by atomic mass is 35.5. The summed E-state index contributed by atoms with van der Waals surface area (Å²) in [5.41, 5.74) is 6.84. The lowest BCUT2D eigenvalue weighted by molar-refractivity contribution is 0.305. The van der Waals surface area contributed by atoms with Gasteiger partial charge in [0.05, 0.1) is 15.6 Å². The number of hydrogen-bond acceptors (Lipinski definition) is 2. The highest BCUT2D eigenvalue weighted by Gasteiger charge is 2.11. The second kappa shape index (κ2) is 6.39. The van der Waals surface area contributed by atoms with Crippen molar-refractivity contribution in [2.75, 3.05) is 0 Å². The van der Waals surface area contributed by atoms with Crippen LogP contribution < -0.4 is 10.5 Å². The molecular formula is C14H10Cl2FNOS. The third-order valence-electron chi connectivity index (χ3n) is 2.60. The molecule has 0 unspecified atom stereocenters. The second-order valence-electron chi connectivity index (χ2n) is 4.01. The van der Waals surface area contributed by atoms with E-state index in [1.165, 1.54) is 12.1 Å². The maximum atomic E-state index is 13.1. The Hall–Kier alpha value is -1.36.